The summed E-state index contributed by atoms with van der Waals surface area (Å²) in [7, 11) is 0. The highest BCUT2D eigenvalue weighted by atomic mass is 16.1. The smallest absolute Gasteiger partial charge is 0.159 e. The first-order chi connectivity index (χ1) is 14.2. The number of anilines is 2. The Hall–Kier alpha value is -2.91. The van der Waals surface area contributed by atoms with E-state index in [4.69, 9.17) is 0 Å². The Balaban J connectivity index is 1.54. The normalized spacial score (nSPS) is 15.2. The number of benzene rings is 3. The molecule has 3 aromatic rings. The first kappa shape index (κ1) is 19.4. The van der Waals surface area contributed by atoms with Crippen molar-refractivity contribution in [2.24, 2.45) is 0 Å². The van der Waals surface area contributed by atoms with Gasteiger partial charge in [0.2, 0.25) is 0 Å². The van der Waals surface area contributed by atoms with E-state index in [-0.39, 0.29) is 5.78 Å². The van der Waals surface area contributed by atoms with Gasteiger partial charge in [0.25, 0.3) is 0 Å². The van der Waals surface area contributed by atoms with Crippen LogP contribution >= 0.6 is 0 Å². The van der Waals surface area contributed by atoms with Crippen molar-refractivity contribution < 1.29 is 4.79 Å². The van der Waals surface area contributed by atoms with E-state index in [1.165, 1.54) is 11.3 Å². The van der Waals surface area contributed by atoms with Gasteiger partial charge in [-0.05, 0) is 49.6 Å². The SMILES string of the molecule is CC(=O)c1cccc(N(c2ccccc2)C2CCN(Cc3ccccc3)CC2)c1. The van der Waals surface area contributed by atoms with Crippen LogP contribution in [0, 0.1) is 0 Å². The molecule has 0 unspecified atom stereocenters. The highest BCUT2D eigenvalue weighted by Crippen LogP contribution is 2.32. The average molecular weight is 385 g/mol. The molecule has 29 heavy (non-hydrogen) atoms. The van der Waals surface area contributed by atoms with Crippen molar-refractivity contribution in [3.05, 3.63) is 96.1 Å². The first-order valence-corrected chi connectivity index (χ1v) is 10.4. The maximum atomic E-state index is 11.9. The second-order valence-electron chi connectivity index (χ2n) is 7.80. The summed E-state index contributed by atoms with van der Waals surface area (Å²) in [6.07, 6.45) is 2.21. The number of likely N-dealkylation sites (tertiary alicyclic amines) is 1. The van der Waals surface area contributed by atoms with E-state index >= 15 is 0 Å². The number of para-hydroxylation sites is 1. The summed E-state index contributed by atoms with van der Waals surface area (Å²) in [4.78, 5) is 16.9. The van der Waals surface area contributed by atoms with Crippen LogP contribution in [0.1, 0.15) is 35.7 Å². The van der Waals surface area contributed by atoms with E-state index in [9.17, 15) is 4.79 Å². The van der Waals surface area contributed by atoms with Crippen LogP contribution in [0.2, 0.25) is 0 Å². The van der Waals surface area contributed by atoms with E-state index in [1.54, 1.807) is 6.92 Å². The molecule has 1 aliphatic rings. The Morgan fingerprint density at radius 1 is 0.862 bits per heavy atom. The highest BCUT2D eigenvalue weighted by Gasteiger charge is 2.26. The zero-order valence-corrected chi connectivity index (χ0v) is 17.0. The topological polar surface area (TPSA) is 23.6 Å². The van der Waals surface area contributed by atoms with E-state index in [0.29, 0.717) is 6.04 Å². The third-order valence-electron chi connectivity index (χ3n) is 5.74. The number of carbonyl (C=O) groups is 1. The molecule has 148 valence electrons. The molecule has 0 saturated carbocycles. The third kappa shape index (κ3) is 4.75. The number of carbonyl (C=O) groups excluding carboxylic acids is 1. The fourth-order valence-electron chi connectivity index (χ4n) is 4.21. The number of rotatable bonds is 6. The highest BCUT2D eigenvalue weighted by molar-refractivity contribution is 5.95. The van der Waals surface area contributed by atoms with Crippen LogP contribution < -0.4 is 4.90 Å². The molecule has 0 aromatic heterocycles. The summed E-state index contributed by atoms with van der Waals surface area (Å²) in [6, 6.07) is 29.7. The van der Waals surface area contributed by atoms with Crippen molar-refractivity contribution in [1.82, 2.24) is 4.90 Å². The van der Waals surface area contributed by atoms with Gasteiger partial charge < -0.3 is 4.90 Å². The number of Topliss-reactive ketones (excluding diaryl/α,β-unsaturated/α-hetero) is 1. The Labute approximate surface area is 173 Å². The number of piperidine rings is 1. The van der Waals surface area contributed by atoms with Gasteiger partial charge in [0.05, 0.1) is 0 Å². The molecule has 0 spiro atoms. The van der Waals surface area contributed by atoms with E-state index in [2.05, 4.69) is 76.5 Å². The number of ketones is 1. The second-order valence-corrected chi connectivity index (χ2v) is 7.80. The van der Waals surface area contributed by atoms with Crippen molar-refractivity contribution >= 4 is 17.2 Å². The fraction of sp³-hybridized carbons (Fsp3) is 0.269. The molecule has 0 aliphatic carbocycles. The summed E-state index contributed by atoms with van der Waals surface area (Å²) in [5.41, 5.74) is 4.44. The zero-order chi connectivity index (χ0) is 20.1. The molecular weight excluding hydrogens is 356 g/mol. The Morgan fingerprint density at radius 3 is 2.14 bits per heavy atom. The lowest BCUT2D eigenvalue weighted by molar-refractivity contribution is 0.101. The summed E-state index contributed by atoms with van der Waals surface area (Å²) >= 11 is 0. The number of hydrogen-bond acceptors (Lipinski definition) is 3. The van der Waals surface area contributed by atoms with Gasteiger partial charge in [0.15, 0.2) is 5.78 Å². The zero-order valence-electron chi connectivity index (χ0n) is 17.0. The maximum Gasteiger partial charge on any atom is 0.159 e. The monoisotopic (exact) mass is 384 g/mol. The van der Waals surface area contributed by atoms with Gasteiger partial charge in [-0.1, -0.05) is 60.7 Å². The Kier molecular flexibility index (Phi) is 6.06. The van der Waals surface area contributed by atoms with Crippen molar-refractivity contribution in [3.63, 3.8) is 0 Å². The summed E-state index contributed by atoms with van der Waals surface area (Å²) in [5.74, 6) is 0.109. The van der Waals surface area contributed by atoms with Crippen molar-refractivity contribution in [2.75, 3.05) is 18.0 Å². The molecule has 3 nitrogen and oxygen atoms in total. The molecule has 1 fully saturated rings. The van der Waals surface area contributed by atoms with E-state index < -0.39 is 0 Å². The van der Waals surface area contributed by atoms with Gasteiger partial charge >= 0.3 is 0 Å². The van der Waals surface area contributed by atoms with Crippen molar-refractivity contribution in [3.8, 4) is 0 Å². The molecule has 4 rings (SSSR count). The standard InChI is InChI=1S/C26H28N2O/c1-21(29)23-11-8-14-26(19-23)28(24-12-6-3-7-13-24)25-15-17-27(18-16-25)20-22-9-4-2-5-10-22/h2-14,19,25H,15-18,20H2,1H3. The van der Waals surface area contributed by atoms with Crippen molar-refractivity contribution in [1.29, 1.82) is 0 Å². The number of hydrogen-bond donors (Lipinski definition) is 0. The minimum Gasteiger partial charge on any atom is -0.338 e. The van der Waals surface area contributed by atoms with Gasteiger partial charge in [0.1, 0.15) is 0 Å². The molecule has 0 radical (unpaired) electrons. The van der Waals surface area contributed by atoms with Gasteiger partial charge in [0, 0.05) is 42.6 Å². The molecule has 3 aromatic carbocycles. The van der Waals surface area contributed by atoms with Gasteiger partial charge in [-0.2, -0.15) is 0 Å². The lowest BCUT2D eigenvalue weighted by Gasteiger charge is -2.40. The van der Waals surface area contributed by atoms with Crippen LogP contribution in [0.4, 0.5) is 11.4 Å². The molecular formula is C26H28N2O. The molecule has 1 saturated heterocycles. The van der Waals surface area contributed by atoms with Crippen LogP contribution in [0.3, 0.4) is 0 Å². The molecule has 0 bridgehead atoms. The van der Waals surface area contributed by atoms with Gasteiger partial charge in [-0.15, -0.1) is 0 Å². The fourth-order valence-corrected chi connectivity index (χ4v) is 4.21. The second kappa shape index (κ2) is 9.06. The Bertz CT molecular complexity index is 931. The van der Waals surface area contributed by atoms with Crippen LogP contribution in [-0.4, -0.2) is 29.8 Å². The molecule has 0 amide bonds. The quantitative estimate of drug-likeness (QED) is 0.510. The van der Waals surface area contributed by atoms with E-state index in [0.717, 1.165) is 43.7 Å². The molecule has 1 aliphatic heterocycles. The summed E-state index contributed by atoms with van der Waals surface area (Å²) < 4.78 is 0. The lowest BCUT2D eigenvalue weighted by Crippen LogP contribution is -2.42. The first-order valence-electron chi connectivity index (χ1n) is 10.4. The van der Waals surface area contributed by atoms with Gasteiger partial charge in [-0.25, -0.2) is 0 Å². The predicted octanol–water partition coefficient (Wildman–Crippen LogP) is 5.69. The predicted molar refractivity (Wildman–Crippen MR) is 120 cm³/mol. The molecule has 1 heterocycles. The minimum absolute atomic E-state index is 0.109. The Morgan fingerprint density at radius 2 is 1.48 bits per heavy atom. The molecule has 0 N–H and O–H groups in total. The van der Waals surface area contributed by atoms with Crippen LogP contribution in [0.25, 0.3) is 0 Å². The van der Waals surface area contributed by atoms with Crippen LogP contribution in [-0.2, 0) is 6.54 Å². The lowest BCUT2D eigenvalue weighted by atomic mass is 9.99. The summed E-state index contributed by atoms with van der Waals surface area (Å²) in [6.45, 7) is 4.80. The maximum absolute atomic E-state index is 11.9. The van der Waals surface area contributed by atoms with Crippen LogP contribution in [0.15, 0.2) is 84.9 Å². The third-order valence-corrected chi connectivity index (χ3v) is 5.74. The van der Waals surface area contributed by atoms with E-state index in [1.807, 2.05) is 18.2 Å². The van der Waals surface area contributed by atoms with Crippen LogP contribution in [0.5, 0.6) is 0 Å². The molecule has 0 atom stereocenters. The largest absolute Gasteiger partial charge is 0.338 e. The molecule has 3 heteroatoms. The number of nitrogens with zero attached hydrogens (tertiary/aromatic N) is 2. The average Bonchev–Trinajstić information content (AvgIpc) is 2.77. The minimum atomic E-state index is 0.109. The van der Waals surface area contributed by atoms with Crippen molar-refractivity contribution in [2.45, 2.75) is 32.4 Å². The summed E-state index contributed by atoms with van der Waals surface area (Å²) in [5, 5.41) is 0. The van der Waals surface area contributed by atoms with Gasteiger partial charge in [-0.3, -0.25) is 9.69 Å².